The van der Waals surface area contributed by atoms with E-state index >= 15 is 0 Å². The summed E-state index contributed by atoms with van der Waals surface area (Å²) in [6.45, 7) is 4.63. The SMILES string of the molecule is CCCCNCC1COc2ccc(OC)cc2O1. The van der Waals surface area contributed by atoms with Crippen LogP contribution in [0.5, 0.6) is 17.2 Å². The minimum absolute atomic E-state index is 0.0708. The molecular formula is C14H21NO3. The second kappa shape index (κ2) is 6.50. The van der Waals surface area contributed by atoms with E-state index in [-0.39, 0.29) is 6.10 Å². The Morgan fingerprint density at radius 1 is 1.39 bits per heavy atom. The zero-order chi connectivity index (χ0) is 12.8. The molecule has 0 saturated carbocycles. The largest absolute Gasteiger partial charge is 0.497 e. The number of hydrogen-bond acceptors (Lipinski definition) is 4. The van der Waals surface area contributed by atoms with E-state index in [0.29, 0.717) is 6.61 Å². The summed E-state index contributed by atoms with van der Waals surface area (Å²) >= 11 is 0. The number of nitrogens with one attached hydrogen (secondary N) is 1. The average molecular weight is 251 g/mol. The van der Waals surface area contributed by atoms with Crippen molar-refractivity contribution in [3.05, 3.63) is 18.2 Å². The number of methoxy groups -OCH3 is 1. The van der Waals surface area contributed by atoms with Crippen molar-refractivity contribution in [3.63, 3.8) is 0 Å². The van der Waals surface area contributed by atoms with E-state index < -0.39 is 0 Å². The first-order valence-corrected chi connectivity index (χ1v) is 6.51. The molecular weight excluding hydrogens is 230 g/mol. The maximum absolute atomic E-state index is 5.89. The summed E-state index contributed by atoms with van der Waals surface area (Å²) in [7, 11) is 1.65. The monoisotopic (exact) mass is 251 g/mol. The summed E-state index contributed by atoms with van der Waals surface area (Å²) in [6.07, 6.45) is 2.47. The predicted molar refractivity (Wildman–Crippen MR) is 70.7 cm³/mol. The highest BCUT2D eigenvalue weighted by molar-refractivity contribution is 5.46. The Labute approximate surface area is 108 Å². The number of hydrogen-bond donors (Lipinski definition) is 1. The van der Waals surface area contributed by atoms with Crippen LogP contribution in [0.2, 0.25) is 0 Å². The Balaban J connectivity index is 1.88. The molecule has 0 saturated heterocycles. The van der Waals surface area contributed by atoms with Gasteiger partial charge in [0, 0.05) is 12.6 Å². The summed E-state index contributed by atoms with van der Waals surface area (Å²) in [6, 6.07) is 5.63. The fourth-order valence-corrected chi connectivity index (χ4v) is 1.89. The molecule has 2 rings (SSSR count). The van der Waals surface area contributed by atoms with Crippen molar-refractivity contribution >= 4 is 0 Å². The zero-order valence-electron chi connectivity index (χ0n) is 11.1. The van der Waals surface area contributed by atoms with Gasteiger partial charge in [-0.05, 0) is 25.1 Å². The highest BCUT2D eigenvalue weighted by Gasteiger charge is 2.20. The lowest BCUT2D eigenvalue weighted by Crippen LogP contribution is -2.38. The molecule has 1 atom stereocenters. The van der Waals surface area contributed by atoms with Crippen LogP contribution in [0.1, 0.15) is 19.8 Å². The van der Waals surface area contributed by atoms with E-state index in [4.69, 9.17) is 14.2 Å². The molecule has 0 fully saturated rings. The topological polar surface area (TPSA) is 39.7 Å². The summed E-state index contributed by atoms with van der Waals surface area (Å²) in [5.41, 5.74) is 0. The number of benzene rings is 1. The quantitative estimate of drug-likeness (QED) is 0.787. The van der Waals surface area contributed by atoms with Gasteiger partial charge in [0.05, 0.1) is 7.11 Å². The Kier molecular flexibility index (Phi) is 4.70. The van der Waals surface area contributed by atoms with Crippen LogP contribution < -0.4 is 19.5 Å². The molecule has 0 radical (unpaired) electrons. The Bertz CT molecular complexity index is 381. The van der Waals surface area contributed by atoms with E-state index in [1.807, 2.05) is 18.2 Å². The second-order valence-electron chi connectivity index (χ2n) is 4.42. The molecule has 0 amide bonds. The molecule has 4 heteroatoms. The Hall–Kier alpha value is -1.42. The molecule has 0 bridgehead atoms. The average Bonchev–Trinajstić information content (AvgIpc) is 2.42. The van der Waals surface area contributed by atoms with Crippen molar-refractivity contribution in [2.45, 2.75) is 25.9 Å². The van der Waals surface area contributed by atoms with Gasteiger partial charge in [0.25, 0.3) is 0 Å². The normalized spacial score (nSPS) is 17.6. The summed E-state index contributed by atoms with van der Waals surface area (Å²) in [5.74, 6) is 2.35. The van der Waals surface area contributed by atoms with Crippen LogP contribution in [0.15, 0.2) is 18.2 Å². The highest BCUT2D eigenvalue weighted by atomic mass is 16.6. The zero-order valence-corrected chi connectivity index (χ0v) is 11.1. The Morgan fingerprint density at radius 3 is 3.06 bits per heavy atom. The number of rotatable bonds is 6. The van der Waals surface area contributed by atoms with E-state index in [1.54, 1.807) is 7.11 Å². The minimum atomic E-state index is 0.0708. The summed E-state index contributed by atoms with van der Waals surface area (Å²) in [4.78, 5) is 0. The van der Waals surface area contributed by atoms with Crippen LogP contribution in [0, 0.1) is 0 Å². The summed E-state index contributed by atoms with van der Waals surface area (Å²) in [5, 5.41) is 3.38. The third-order valence-corrected chi connectivity index (χ3v) is 2.95. The molecule has 1 unspecified atom stereocenters. The molecule has 1 aliphatic rings. The maximum Gasteiger partial charge on any atom is 0.165 e. The summed E-state index contributed by atoms with van der Waals surface area (Å²) < 4.78 is 16.7. The Morgan fingerprint density at radius 2 is 2.28 bits per heavy atom. The maximum atomic E-state index is 5.89. The number of ether oxygens (including phenoxy) is 3. The van der Waals surface area contributed by atoms with E-state index in [9.17, 15) is 0 Å². The van der Waals surface area contributed by atoms with Crippen LogP contribution >= 0.6 is 0 Å². The first-order valence-electron chi connectivity index (χ1n) is 6.51. The molecule has 1 heterocycles. The molecule has 100 valence electrons. The fraction of sp³-hybridized carbons (Fsp3) is 0.571. The van der Waals surface area contributed by atoms with Crippen LogP contribution in [-0.4, -0.2) is 32.9 Å². The van der Waals surface area contributed by atoms with Crippen molar-refractivity contribution in [1.82, 2.24) is 5.32 Å². The van der Waals surface area contributed by atoms with Crippen molar-refractivity contribution in [2.24, 2.45) is 0 Å². The fourth-order valence-electron chi connectivity index (χ4n) is 1.89. The minimum Gasteiger partial charge on any atom is -0.497 e. The lowest BCUT2D eigenvalue weighted by atomic mass is 10.2. The van der Waals surface area contributed by atoms with Gasteiger partial charge in [-0.15, -0.1) is 0 Å². The van der Waals surface area contributed by atoms with Crippen molar-refractivity contribution in [2.75, 3.05) is 26.8 Å². The first kappa shape index (κ1) is 13.0. The standard InChI is InChI=1S/C14H21NO3/c1-3-4-7-15-9-12-10-17-13-6-5-11(16-2)8-14(13)18-12/h5-6,8,12,15H,3-4,7,9-10H2,1-2H3. The molecule has 18 heavy (non-hydrogen) atoms. The second-order valence-corrected chi connectivity index (χ2v) is 4.42. The molecule has 1 N–H and O–H groups in total. The molecule has 0 spiro atoms. The molecule has 0 aliphatic carbocycles. The van der Waals surface area contributed by atoms with Gasteiger partial charge < -0.3 is 19.5 Å². The van der Waals surface area contributed by atoms with Gasteiger partial charge in [0.15, 0.2) is 11.5 Å². The van der Waals surface area contributed by atoms with Crippen LogP contribution in [0.3, 0.4) is 0 Å². The third-order valence-electron chi connectivity index (χ3n) is 2.95. The van der Waals surface area contributed by atoms with Crippen molar-refractivity contribution in [1.29, 1.82) is 0 Å². The van der Waals surface area contributed by atoms with Crippen LogP contribution in [0.4, 0.5) is 0 Å². The molecule has 1 aliphatic heterocycles. The van der Waals surface area contributed by atoms with Gasteiger partial charge >= 0.3 is 0 Å². The van der Waals surface area contributed by atoms with E-state index in [2.05, 4.69) is 12.2 Å². The van der Waals surface area contributed by atoms with Gasteiger partial charge in [0.1, 0.15) is 18.5 Å². The van der Waals surface area contributed by atoms with E-state index in [0.717, 1.165) is 30.3 Å². The van der Waals surface area contributed by atoms with Gasteiger partial charge in [-0.3, -0.25) is 0 Å². The molecule has 4 nitrogen and oxygen atoms in total. The molecule has 0 aromatic heterocycles. The van der Waals surface area contributed by atoms with Crippen LogP contribution in [-0.2, 0) is 0 Å². The third kappa shape index (κ3) is 3.29. The van der Waals surface area contributed by atoms with Crippen molar-refractivity contribution in [3.8, 4) is 17.2 Å². The molecule has 1 aromatic carbocycles. The van der Waals surface area contributed by atoms with Gasteiger partial charge in [-0.25, -0.2) is 0 Å². The van der Waals surface area contributed by atoms with E-state index in [1.165, 1.54) is 12.8 Å². The lowest BCUT2D eigenvalue weighted by Gasteiger charge is -2.27. The van der Waals surface area contributed by atoms with Gasteiger partial charge in [0.2, 0.25) is 0 Å². The number of fused-ring (bicyclic) bond motifs is 1. The highest BCUT2D eigenvalue weighted by Crippen LogP contribution is 2.34. The van der Waals surface area contributed by atoms with Gasteiger partial charge in [-0.2, -0.15) is 0 Å². The lowest BCUT2D eigenvalue weighted by molar-refractivity contribution is 0.0901. The molecule has 1 aromatic rings. The smallest absolute Gasteiger partial charge is 0.165 e. The predicted octanol–water partition coefficient (Wildman–Crippen LogP) is 2.22. The van der Waals surface area contributed by atoms with Crippen molar-refractivity contribution < 1.29 is 14.2 Å². The number of unbranched alkanes of at least 4 members (excludes halogenated alkanes) is 1. The first-order chi connectivity index (χ1) is 8.83. The van der Waals surface area contributed by atoms with Gasteiger partial charge in [-0.1, -0.05) is 13.3 Å². The van der Waals surface area contributed by atoms with Crippen LogP contribution in [0.25, 0.3) is 0 Å².